The molecule has 0 spiro atoms. The Morgan fingerprint density at radius 3 is 2.56 bits per heavy atom. The van der Waals surface area contributed by atoms with Crippen LogP contribution in [0.15, 0.2) is 0 Å². The van der Waals surface area contributed by atoms with Crippen molar-refractivity contribution in [2.45, 2.75) is 50.8 Å². The van der Waals surface area contributed by atoms with Gasteiger partial charge in [0.2, 0.25) is 5.91 Å². The highest BCUT2D eigenvalue weighted by atomic mass is 32.2. The van der Waals surface area contributed by atoms with Gasteiger partial charge in [-0.05, 0) is 18.1 Å². The maximum atomic E-state index is 12.2. The topological polar surface area (TPSA) is 40.6 Å². The van der Waals surface area contributed by atoms with Crippen LogP contribution >= 0.6 is 11.8 Å². The molecular weight excluding hydrogens is 248 g/mol. The van der Waals surface area contributed by atoms with Gasteiger partial charge in [0.15, 0.2) is 0 Å². The van der Waals surface area contributed by atoms with Crippen molar-refractivity contribution < 1.29 is 9.59 Å². The summed E-state index contributed by atoms with van der Waals surface area (Å²) in [4.78, 5) is 27.3. The van der Waals surface area contributed by atoms with Gasteiger partial charge in [-0.3, -0.25) is 9.69 Å². The maximum absolute atomic E-state index is 12.2. The molecule has 2 fully saturated rings. The normalized spacial score (nSPS) is 21.7. The second-order valence-corrected chi connectivity index (χ2v) is 7.00. The molecule has 0 radical (unpaired) electrons. The van der Waals surface area contributed by atoms with Crippen LogP contribution < -0.4 is 0 Å². The molecule has 1 aliphatic carbocycles. The van der Waals surface area contributed by atoms with Crippen molar-refractivity contribution in [1.29, 1.82) is 0 Å². The van der Waals surface area contributed by atoms with Gasteiger partial charge in [0.05, 0.1) is 0 Å². The van der Waals surface area contributed by atoms with E-state index in [9.17, 15) is 9.59 Å². The van der Waals surface area contributed by atoms with Gasteiger partial charge in [-0.25, -0.2) is 4.79 Å². The molecule has 0 bridgehead atoms. The molecule has 1 saturated heterocycles. The van der Waals surface area contributed by atoms with Crippen molar-refractivity contribution in [3.05, 3.63) is 0 Å². The minimum Gasteiger partial charge on any atom is -0.312 e. The van der Waals surface area contributed by atoms with Crippen LogP contribution in [-0.2, 0) is 4.79 Å². The van der Waals surface area contributed by atoms with Gasteiger partial charge in [-0.1, -0.05) is 26.7 Å². The van der Waals surface area contributed by atoms with E-state index >= 15 is 0 Å². The van der Waals surface area contributed by atoms with Gasteiger partial charge in [-0.15, -0.1) is 0 Å². The highest BCUT2D eigenvalue weighted by Crippen LogP contribution is 2.27. The zero-order valence-electron chi connectivity index (χ0n) is 11.2. The van der Waals surface area contributed by atoms with Crippen LogP contribution in [0.5, 0.6) is 0 Å². The molecule has 1 aliphatic heterocycles. The summed E-state index contributed by atoms with van der Waals surface area (Å²) in [6, 6.07) is 0.250. The highest BCUT2D eigenvalue weighted by molar-refractivity contribution is 7.99. The quantitative estimate of drug-likeness (QED) is 0.720. The van der Waals surface area contributed by atoms with Gasteiger partial charge in [0.1, 0.15) is 6.54 Å². The van der Waals surface area contributed by atoms with Crippen LogP contribution in [-0.4, -0.2) is 51.9 Å². The van der Waals surface area contributed by atoms with Crippen molar-refractivity contribution in [2.24, 2.45) is 0 Å². The van der Waals surface area contributed by atoms with Gasteiger partial charge in [0.25, 0.3) is 0 Å². The van der Waals surface area contributed by atoms with Gasteiger partial charge in [0, 0.05) is 18.3 Å². The maximum Gasteiger partial charge on any atom is 0.327 e. The molecule has 0 aromatic heterocycles. The second kappa shape index (κ2) is 5.95. The predicted octanol–water partition coefficient (Wildman–Crippen LogP) is 2.33. The van der Waals surface area contributed by atoms with E-state index in [0.717, 1.165) is 18.6 Å². The Morgan fingerprint density at radius 2 is 1.94 bits per heavy atom. The minimum atomic E-state index is -0.0590. The Balaban J connectivity index is 1.88. The molecular formula is C13H22N2O2S. The lowest BCUT2D eigenvalue weighted by Gasteiger charge is -2.23. The summed E-state index contributed by atoms with van der Waals surface area (Å²) in [6.45, 7) is 5.12. The van der Waals surface area contributed by atoms with E-state index in [0.29, 0.717) is 24.4 Å². The van der Waals surface area contributed by atoms with E-state index in [1.165, 1.54) is 17.7 Å². The van der Waals surface area contributed by atoms with Crippen molar-refractivity contribution in [1.82, 2.24) is 9.80 Å². The first-order valence-electron chi connectivity index (χ1n) is 6.82. The van der Waals surface area contributed by atoms with Crippen LogP contribution in [0.2, 0.25) is 0 Å². The molecule has 0 aromatic rings. The van der Waals surface area contributed by atoms with Crippen LogP contribution in [0.1, 0.15) is 39.5 Å². The second-order valence-electron chi connectivity index (χ2n) is 5.31. The van der Waals surface area contributed by atoms with E-state index in [1.807, 2.05) is 0 Å². The zero-order valence-corrected chi connectivity index (χ0v) is 12.0. The Morgan fingerprint density at radius 1 is 1.28 bits per heavy atom. The lowest BCUT2D eigenvalue weighted by atomic mass is 10.2. The third-order valence-corrected chi connectivity index (χ3v) is 4.70. The average molecular weight is 270 g/mol. The smallest absolute Gasteiger partial charge is 0.312 e. The fourth-order valence-corrected chi connectivity index (χ4v) is 3.42. The molecule has 0 N–H and O–H groups in total. The number of carbonyl (C=O) groups is 2. The molecule has 102 valence electrons. The van der Waals surface area contributed by atoms with Gasteiger partial charge >= 0.3 is 6.03 Å². The fourth-order valence-electron chi connectivity index (χ4n) is 2.66. The zero-order chi connectivity index (χ0) is 13.1. The summed E-state index contributed by atoms with van der Waals surface area (Å²) in [5.41, 5.74) is 0. The summed E-state index contributed by atoms with van der Waals surface area (Å²) < 4.78 is 0. The fraction of sp³-hybridized carbons (Fsp3) is 0.846. The summed E-state index contributed by atoms with van der Waals surface area (Å²) >= 11 is 1.79. The number of urea groups is 1. The van der Waals surface area contributed by atoms with Crippen LogP contribution in [0.4, 0.5) is 4.79 Å². The van der Waals surface area contributed by atoms with Crippen LogP contribution in [0.25, 0.3) is 0 Å². The lowest BCUT2D eigenvalue weighted by molar-refractivity contribution is -0.125. The molecule has 0 aromatic carbocycles. The molecule has 0 unspecified atom stereocenters. The number of thioether (sulfide) groups is 1. The SMILES string of the molecule is CC(C)SCCN1C(=O)CN(C2CCCC2)C1=O. The third kappa shape index (κ3) is 2.99. The molecule has 4 nitrogen and oxygen atoms in total. The molecule has 18 heavy (non-hydrogen) atoms. The average Bonchev–Trinajstić information content (AvgIpc) is 2.91. The Hall–Kier alpha value is -0.710. The van der Waals surface area contributed by atoms with Crippen LogP contribution in [0.3, 0.4) is 0 Å². The molecule has 0 atom stereocenters. The Kier molecular flexibility index (Phi) is 4.54. The number of rotatable bonds is 5. The summed E-state index contributed by atoms with van der Waals surface area (Å²) in [7, 11) is 0. The highest BCUT2D eigenvalue weighted by Gasteiger charge is 2.39. The molecule has 2 aliphatic rings. The number of hydrogen-bond donors (Lipinski definition) is 0. The Labute approximate surface area is 113 Å². The summed E-state index contributed by atoms with van der Waals surface area (Å²) in [5, 5.41) is 0.545. The number of hydrogen-bond acceptors (Lipinski definition) is 3. The first-order chi connectivity index (χ1) is 8.59. The van der Waals surface area contributed by atoms with Gasteiger partial charge in [-0.2, -0.15) is 11.8 Å². The minimum absolute atomic E-state index is 0.0174. The molecule has 1 saturated carbocycles. The summed E-state index contributed by atoms with van der Waals surface area (Å²) in [5.74, 6) is 0.824. The predicted molar refractivity (Wildman–Crippen MR) is 73.7 cm³/mol. The molecule has 2 rings (SSSR count). The standard InChI is InChI=1S/C13H22N2O2S/c1-10(2)18-8-7-14-12(16)9-15(13(14)17)11-5-3-4-6-11/h10-11H,3-9H2,1-2H3. The molecule has 5 heteroatoms. The first kappa shape index (κ1) is 13.7. The Bertz CT molecular complexity index is 327. The van der Waals surface area contributed by atoms with E-state index in [1.54, 1.807) is 16.7 Å². The first-order valence-corrected chi connectivity index (χ1v) is 7.87. The van der Waals surface area contributed by atoms with Crippen molar-refractivity contribution in [2.75, 3.05) is 18.8 Å². The van der Waals surface area contributed by atoms with Gasteiger partial charge < -0.3 is 4.90 Å². The van der Waals surface area contributed by atoms with E-state index < -0.39 is 0 Å². The van der Waals surface area contributed by atoms with Crippen molar-refractivity contribution >= 4 is 23.7 Å². The number of nitrogens with zero attached hydrogens (tertiary/aromatic N) is 2. The third-order valence-electron chi connectivity index (χ3n) is 3.61. The number of carbonyl (C=O) groups excluding carboxylic acids is 2. The van der Waals surface area contributed by atoms with Crippen LogP contribution in [0, 0.1) is 0 Å². The largest absolute Gasteiger partial charge is 0.327 e. The van der Waals surface area contributed by atoms with Crippen molar-refractivity contribution in [3.8, 4) is 0 Å². The lowest BCUT2D eigenvalue weighted by Crippen LogP contribution is -2.38. The van der Waals surface area contributed by atoms with E-state index in [-0.39, 0.29) is 11.9 Å². The molecule has 3 amide bonds. The monoisotopic (exact) mass is 270 g/mol. The number of imide groups is 1. The van der Waals surface area contributed by atoms with E-state index in [2.05, 4.69) is 13.8 Å². The van der Waals surface area contributed by atoms with Crippen molar-refractivity contribution in [3.63, 3.8) is 0 Å². The number of amides is 3. The summed E-state index contributed by atoms with van der Waals surface area (Å²) in [6.07, 6.45) is 4.50. The van der Waals surface area contributed by atoms with E-state index in [4.69, 9.17) is 0 Å². The molecule has 1 heterocycles.